The van der Waals surface area contributed by atoms with E-state index in [1.165, 1.54) is 48.6 Å². The number of hydrogen-bond acceptors (Lipinski definition) is 2. The number of furan rings is 1. The van der Waals surface area contributed by atoms with Crippen LogP contribution < -0.4 is 4.90 Å². The van der Waals surface area contributed by atoms with Crippen LogP contribution in [-0.2, 0) is 0 Å². The summed E-state index contributed by atoms with van der Waals surface area (Å²) in [7, 11) is 0. The molecule has 0 aliphatic rings. The zero-order chi connectivity index (χ0) is 33.5. The summed E-state index contributed by atoms with van der Waals surface area (Å²) >= 11 is 0. The lowest BCUT2D eigenvalue weighted by molar-refractivity contribution is 0.669. The molecule has 0 fully saturated rings. The Bertz CT molecular complexity index is 3150. The zero-order valence-electron chi connectivity index (χ0n) is 27.6. The largest absolute Gasteiger partial charge is 0.454 e. The SMILES string of the molecule is c1ccc(-n2c3ccccc3c3ccc(N(c4ccc5c(ccc6c7ccccc7ccc56)c4)c4cccc5c4oc4ccccc45)cc32)cc1. The first-order chi connectivity index (χ1) is 25.3. The lowest BCUT2D eigenvalue weighted by Gasteiger charge is -2.26. The Morgan fingerprint density at radius 3 is 1.84 bits per heavy atom. The molecule has 51 heavy (non-hydrogen) atoms. The fourth-order valence-electron chi connectivity index (χ4n) is 8.24. The lowest BCUT2D eigenvalue weighted by Crippen LogP contribution is -2.10. The minimum atomic E-state index is 0.868. The van der Waals surface area contributed by atoms with E-state index in [0.717, 1.165) is 50.2 Å². The monoisotopic (exact) mass is 650 g/mol. The molecule has 2 heterocycles. The minimum absolute atomic E-state index is 0.868. The second-order valence-electron chi connectivity index (χ2n) is 13.3. The van der Waals surface area contributed by atoms with E-state index in [1.807, 2.05) is 6.07 Å². The van der Waals surface area contributed by atoms with Gasteiger partial charge in [0.25, 0.3) is 0 Å². The Morgan fingerprint density at radius 2 is 0.980 bits per heavy atom. The van der Waals surface area contributed by atoms with Gasteiger partial charge in [0.1, 0.15) is 5.58 Å². The normalized spacial score (nSPS) is 11.9. The third-order valence-corrected chi connectivity index (χ3v) is 10.5. The van der Waals surface area contributed by atoms with Crippen molar-refractivity contribution in [3.05, 3.63) is 182 Å². The van der Waals surface area contributed by atoms with Gasteiger partial charge in [-0.05, 0) is 86.9 Å². The van der Waals surface area contributed by atoms with Gasteiger partial charge in [-0.3, -0.25) is 0 Å². The molecule has 2 aromatic heterocycles. The van der Waals surface area contributed by atoms with Gasteiger partial charge in [-0.25, -0.2) is 0 Å². The van der Waals surface area contributed by atoms with Crippen LogP contribution in [0.5, 0.6) is 0 Å². The van der Waals surface area contributed by atoms with Crippen LogP contribution in [0.3, 0.4) is 0 Å². The maximum Gasteiger partial charge on any atom is 0.159 e. The summed E-state index contributed by atoms with van der Waals surface area (Å²) in [4.78, 5) is 2.36. The van der Waals surface area contributed by atoms with Gasteiger partial charge >= 0.3 is 0 Å². The van der Waals surface area contributed by atoms with E-state index in [2.05, 4.69) is 185 Å². The van der Waals surface area contributed by atoms with Crippen molar-refractivity contribution in [2.75, 3.05) is 4.90 Å². The first-order valence-corrected chi connectivity index (χ1v) is 17.4. The Kier molecular flexibility index (Phi) is 5.96. The van der Waals surface area contributed by atoms with E-state index < -0.39 is 0 Å². The predicted octanol–water partition coefficient (Wildman–Crippen LogP) is 13.6. The topological polar surface area (TPSA) is 21.3 Å². The van der Waals surface area contributed by atoms with Gasteiger partial charge < -0.3 is 13.9 Å². The number of hydrogen-bond donors (Lipinski definition) is 0. The maximum absolute atomic E-state index is 6.68. The number of benzene rings is 9. The average molecular weight is 651 g/mol. The van der Waals surface area contributed by atoms with Gasteiger partial charge in [-0.15, -0.1) is 0 Å². The highest BCUT2D eigenvalue weighted by atomic mass is 16.3. The molecule has 0 atom stereocenters. The highest BCUT2D eigenvalue weighted by Crippen LogP contribution is 2.45. The first kappa shape index (κ1) is 28.0. The molecule has 0 unspecified atom stereocenters. The lowest BCUT2D eigenvalue weighted by atomic mass is 9.96. The summed E-state index contributed by atoms with van der Waals surface area (Å²) in [6, 6.07) is 65.6. The number of rotatable bonds is 4. The summed E-state index contributed by atoms with van der Waals surface area (Å²) in [5, 5.41) is 12.2. The fourth-order valence-corrected chi connectivity index (χ4v) is 8.24. The van der Waals surface area contributed by atoms with Crippen molar-refractivity contribution in [2.45, 2.75) is 0 Å². The van der Waals surface area contributed by atoms with Crippen LogP contribution in [0.2, 0.25) is 0 Å². The van der Waals surface area contributed by atoms with Crippen LogP contribution in [0.4, 0.5) is 17.1 Å². The molecule has 0 N–H and O–H groups in total. The number of para-hydroxylation sites is 4. The van der Waals surface area contributed by atoms with Crippen molar-refractivity contribution < 1.29 is 4.42 Å². The maximum atomic E-state index is 6.68. The van der Waals surface area contributed by atoms with E-state index in [9.17, 15) is 0 Å². The van der Waals surface area contributed by atoms with Crippen molar-refractivity contribution in [3.63, 3.8) is 0 Å². The van der Waals surface area contributed by atoms with E-state index >= 15 is 0 Å². The molecular formula is C48H30N2O. The van der Waals surface area contributed by atoms with Gasteiger partial charge in [0.2, 0.25) is 0 Å². The molecule has 9 aromatic carbocycles. The van der Waals surface area contributed by atoms with E-state index in [-0.39, 0.29) is 0 Å². The third kappa shape index (κ3) is 4.19. The molecule has 0 spiro atoms. The van der Waals surface area contributed by atoms with Crippen molar-refractivity contribution in [1.82, 2.24) is 4.57 Å². The smallest absolute Gasteiger partial charge is 0.159 e. The average Bonchev–Trinajstić information content (AvgIpc) is 3.74. The van der Waals surface area contributed by atoms with Gasteiger partial charge in [-0.2, -0.15) is 0 Å². The molecule has 0 aliphatic carbocycles. The highest BCUT2D eigenvalue weighted by molar-refractivity contribution is 6.18. The molecule has 11 aromatic rings. The molecule has 0 aliphatic heterocycles. The van der Waals surface area contributed by atoms with E-state index in [4.69, 9.17) is 4.42 Å². The van der Waals surface area contributed by atoms with Gasteiger partial charge in [0.05, 0.1) is 16.7 Å². The minimum Gasteiger partial charge on any atom is -0.454 e. The van der Waals surface area contributed by atoms with Crippen molar-refractivity contribution in [1.29, 1.82) is 0 Å². The molecule has 0 saturated heterocycles. The molecule has 3 heteroatoms. The fraction of sp³-hybridized carbons (Fsp3) is 0. The standard InChI is InChI=1S/C48H30N2O/c1-2-12-33(13-3-1)50-44-18-8-6-15-40(44)41-28-24-35(30-46(41)50)49(45-19-10-17-43-42-16-7-9-20-47(42)51-48(43)45)34-23-27-37-32(29-34)22-26-38-36-14-5-4-11-31(36)21-25-39(37)38/h1-30H. The van der Waals surface area contributed by atoms with Crippen molar-refractivity contribution in [2.24, 2.45) is 0 Å². The zero-order valence-corrected chi connectivity index (χ0v) is 27.6. The molecule has 0 amide bonds. The number of nitrogens with zero attached hydrogens (tertiary/aromatic N) is 2. The predicted molar refractivity (Wildman–Crippen MR) is 215 cm³/mol. The van der Waals surface area contributed by atoms with Crippen LogP contribution in [0, 0.1) is 0 Å². The molecule has 3 nitrogen and oxygen atoms in total. The Labute approximate surface area is 293 Å². The van der Waals surface area contributed by atoms with Crippen LogP contribution in [0.25, 0.3) is 81.7 Å². The van der Waals surface area contributed by atoms with E-state index in [1.54, 1.807) is 0 Å². The molecule has 0 saturated carbocycles. The number of fused-ring (bicyclic) bond motifs is 11. The molecule has 238 valence electrons. The molecular weight excluding hydrogens is 621 g/mol. The van der Waals surface area contributed by atoms with Crippen molar-refractivity contribution in [3.8, 4) is 5.69 Å². The molecule has 11 rings (SSSR count). The molecule has 0 bridgehead atoms. The van der Waals surface area contributed by atoms with Gasteiger partial charge in [-0.1, -0.05) is 127 Å². The summed E-state index contributed by atoms with van der Waals surface area (Å²) < 4.78 is 9.06. The second-order valence-corrected chi connectivity index (χ2v) is 13.3. The molecule has 0 radical (unpaired) electrons. The quantitative estimate of drug-likeness (QED) is 0.177. The van der Waals surface area contributed by atoms with Crippen LogP contribution in [-0.4, -0.2) is 4.57 Å². The van der Waals surface area contributed by atoms with Gasteiger partial charge in [0.15, 0.2) is 5.58 Å². The first-order valence-electron chi connectivity index (χ1n) is 17.4. The van der Waals surface area contributed by atoms with Crippen LogP contribution >= 0.6 is 0 Å². The van der Waals surface area contributed by atoms with Gasteiger partial charge in [0, 0.05) is 38.6 Å². The van der Waals surface area contributed by atoms with Crippen LogP contribution in [0.15, 0.2) is 186 Å². The third-order valence-electron chi connectivity index (χ3n) is 10.5. The van der Waals surface area contributed by atoms with E-state index in [0.29, 0.717) is 0 Å². The second kappa shape index (κ2) is 10.8. The highest BCUT2D eigenvalue weighted by Gasteiger charge is 2.22. The Morgan fingerprint density at radius 1 is 0.373 bits per heavy atom. The Hall–Kier alpha value is -6.84. The summed E-state index contributed by atoms with van der Waals surface area (Å²) in [6.07, 6.45) is 0. The summed E-state index contributed by atoms with van der Waals surface area (Å²) in [5.41, 5.74) is 8.35. The van der Waals surface area contributed by atoms with Crippen LogP contribution in [0.1, 0.15) is 0 Å². The summed E-state index contributed by atoms with van der Waals surface area (Å²) in [5.74, 6) is 0. The summed E-state index contributed by atoms with van der Waals surface area (Å²) in [6.45, 7) is 0. The Balaban J connectivity index is 1.19. The van der Waals surface area contributed by atoms with Crippen molar-refractivity contribution >= 4 is 93.1 Å². The number of anilines is 3. The number of aromatic nitrogens is 1.